The number of carbonyl (C=O) groups excluding carboxylic acids is 1. The van der Waals surface area contributed by atoms with Crippen molar-refractivity contribution in [3.63, 3.8) is 0 Å². The van der Waals surface area contributed by atoms with Gasteiger partial charge in [-0.1, -0.05) is 0 Å². The number of benzene rings is 2. The van der Waals surface area contributed by atoms with Crippen molar-refractivity contribution in [3.05, 3.63) is 59.6 Å². The fourth-order valence-electron chi connectivity index (χ4n) is 2.39. The summed E-state index contributed by atoms with van der Waals surface area (Å²) in [6, 6.07) is 11.0. The lowest BCUT2D eigenvalue weighted by atomic mass is 10.1. The Morgan fingerprint density at radius 3 is 2.65 bits per heavy atom. The number of ether oxygens (including phenoxy) is 1. The topological polar surface area (TPSA) is 51.5 Å². The molecular weight excluding hydrogens is 297 g/mol. The quantitative estimate of drug-likeness (QED) is 0.770. The third kappa shape index (κ3) is 3.04. The SMILES string of the molecule is CCOc1ccc2oc(C(=O)Nc3ccc(F)cc3)c(C)c2c1. The minimum absolute atomic E-state index is 0.234. The van der Waals surface area contributed by atoms with Gasteiger partial charge in [0.25, 0.3) is 5.91 Å². The second-order valence-electron chi connectivity index (χ2n) is 5.11. The van der Waals surface area contributed by atoms with Crippen LogP contribution in [0.4, 0.5) is 10.1 Å². The average Bonchev–Trinajstić information content (AvgIpc) is 2.87. The van der Waals surface area contributed by atoms with E-state index >= 15 is 0 Å². The van der Waals surface area contributed by atoms with Gasteiger partial charge in [-0.15, -0.1) is 0 Å². The van der Waals surface area contributed by atoms with Crippen LogP contribution in [0.25, 0.3) is 11.0 Å². The molecule has 118 valence electrons. The molecule has 0 aliphatic rings. The minimum Gasteiger partial charge on any atom is -0.494 e. The van der Waals surface area contributed by atoms with Crippen LogP contribution < -0.4 is 10.1 Å². The van der Waals surface area contributed by atoms with Crippen LogP contribution in [0, 0.1) is 12.7 Å². The molecule has 23 heavy (non-hydrogen) atoms. The molecule has 3 aromatic rings. The molecule has 0 unspecified atom stereocenters. The monoisotopic (exact) mass is 313 g/mol. The highest BCUT2D eigenvalue weighted by Crippen LogP contribution is 2.29. The Bertz CT molecular complexity index is 853. The molecule has 0 radical (unpaired) electrons. The summed E-state index contributed by atoms with van der Waals surface area (Å²) in [7, 11) is 0. The number of fused-ring (bicyclic) bond motifs is 1. The van der Waals surface area contributed by atoms with Gasteiger partial charge in [-0.2, -0.15) is 0 Å². The second-order valence-corrected chi connectivity index (χ2v) is 5.11. The maximum absolute atomic E-state index is 12.9. The number of halogens is 1. The molecule has 0 aliphatic heterocycles. The Morgan fingerprint density at radius 2 is 1.96 bits per heavy atom. The van der Waals surface area contributed by atoms with Crippen LogP contribution in [0.5, 0.6) is 5.75 Å². The van der Waals surface area contributed by atoms with E-state index in [2.05, 4.69) is 5.32 Å². The van der Waals surface area contributed by atoms with Crippen LogP contribution in [0.3, 0.4) is 0 Å². The number of hydrogen-bond donors (Lipinski definition) is 1. The molecule has 3 rings (SSSR count). The fourth-order valence-corrected chi connectivity index (χ4v) is 2.39. The lowest BCUT2D eigenvalue weighted by Crippen LogP contribution is -2.12. The van der Waals surface area contributed by atoms with Crippen molar-refractivity contribution in [2.24, 2.45) is 0 Å². The number of hydrogen-bond acceptors (Lipinski definition) is 3. The number of carbonyl (C=O) groups is 1. The Hall–Kier alpha value is -2.82. The van der Waals surface area contributed by atoms with Gasteiger partial charge in [-0.25, -0.2) is 4.39 Å². The first-order chi connectivity index (χ1) is 11.1. The van der Waals surface area contributed by atoms with Crippen molar-refractivity contribution in [1.82, 2.24) is 0 Å². The standard InChI is InChI=1S/C18H16FNO3/c1-3-22-14-8-9-16-15(10-14)11(2)17(23-16)18(21)20-13-6-4-12(19)5-7-13/h4-10H,3H2,1-2H3,(H,20,21). The van der Waals surface area contributed by atoms with Gasteiger partial charge < -0.3 is 14.5 Å². The van der Waals surface area contributed by atoms with Gasteiger partial charge >= 0.3 is 0 Å². The molecule has 0 bridgehead atoms. The molecule has 4 nitrogen and oxygen atoms in total. The molecule has 1 N–H and O–H groups in total. The van der Waals surface area contributed by atoms with Crippen molar-refractivity contribution >= 4 is 22.6 Å². The molecule has 0 fully saturated rings. The van der Waals surface area contributed by atoms with Crippen molar-refractivity contribution < 1.29 is 18.3 Å². The smallest absolute Gasteiger partial charge is 0.291 e. The summed E-state index contributed by atoms with van der Waals surface area (Å²) in [5.74, 6) is 0.238. The van der Waals surface area contributed by atoms with Crippen molar-refractivity contribution in [2.45, 2.75) is 13.8 Å². The van der Waals surface area contributed by atoms with E-state index in [0.717, 1.165) is 16.7 Å². The van der Waals surface area contributed by atoms with Gasteiger partial charge in [0, 0.05) is 16.6 Å². The third-order valence-electron chi connectivity index (χ3n) is 3.53. The largest absolute Gasteiger partial charge is 0.494 e. The lowest BCUT2D eigenvalue weighted by molar-refractivity contribution is 0.0998. The number of rotatable bonds is 4. The highest BCUT2D eigenvalue weighted by Gasteiger charge is 2.18. The number of anilines is 1. The highest BCUT2D eigenvalue weighted by atomic mass is 19.1. The van der Waals surface area contributed by atoms with Gasteiger partial charge in [0.15, 0.2) is 5.76 Å². The van der Waals surface area contributed by atoms with Crippen molar-refractivity contribution in [2.75, 3.05) is 11.9 Å². The van der Waals surface area contributed by atoms with Crippen LogP contribution in [-0.4, -0.2) is 12.5 Å². The van der Waals surface area contributed by atoms with Crippen LogP contribution in [0.1, 0.15) is 23.0 Å². The Balaban J connectivity index is 1.91. The predicted molar refractivity (Wildman–Crippen MR) is 86.5 cm³/mol. The molecule has 0 saturated heterocycles. The number of furan rings is 1. The summed E-state index contributed by atoms with van der Waals surface area (Å²) < 4.78 is 24.0. The molecule has 5 heteroatoms. The summed E-state index contributed by atoms with van der Waals surface area (Å²) in [6.45, 7) is 4.30. The first kappa shape index (κ1) is 15.1. The first-order valence-electron chi connectivity index (χ1n) is 7.31. The zero-order valence-corrected chi connectivity index (χ0v) is 12.9. The molecule has 0 aliphatic carbocycles. The van der Waals surface area contributed by atoms with Crippen LogP contribution >= 0.6 is 0 Å². The van der Waals surface area contributed by atoms with Gasteiger partial charge in [0.05, 0.1) is 6.61 Å². The van der Waals surface area contributed by atoms with Crippen LogP contribution in [-0.2, 0) is 0 Å². The summed E-state index contributed by atoms with van der Waals surface area (Å²) in [5.41, 5.74) is 1.86. The van der Waals surface area contributed by atoms with Gasteiger partial charge in [-0.3, -0.25) is 4.79 Å². The van der Waals surface area contributed by atoms with E-state index in [0.29, 0.717) is 17.9 Å². The molecule has 0 saturated carbocycles. The summed E-state index contributed by atoms with van der Waals surface area (Å²) >= 11 is 0. The predicted octanol–water partition coefficient (Wildman–Crippen LogP) is 4.53. The molecule has 1 amide bonds. The zero-order chi connectivity index (χ0) is 16.4. The van der Waals surface area contributed by atoms with E-state index in [1.807, 2.05) is 19.9 Å². The second kappa shape index (κ2) is 6.12. The van der Waals surface area contributed by atoms with Gasteiger partial charge in [-0.05, 0) is 56.3 Å². The summed E-state index contributed by atoms with van der Waals surface area (Å²) in [4.78, 5) is 12.4. The van der Waals surface area contributed by atoms with Crippen LogP contribution in [0.2, 0.25) is 0 Å². The highest BCUT2D eigenvalue weighted by molar-refractivity contribution is 6.06. The number of amides is 1. The van der Waals surface area contributed by atoms with E-state index in [1.165, 1.54) is 24.3 Å². The molecule has 1 aromatic heterocycles. The lowest BCUT2D eigenvalue weighted by Gasteiger charge is -2.03. The normalized spacial score (nSPS) is 10.7. The molecular formula is C18H16FNO3. The molecule has 0 spiro atoms. The Kier molecular flexibility index (Phi) is 4.02. The Morgan fingerprint density at radius 1 is 1.22 bits per heavy atom. The molecule has 0 atom stereocenters. The number of nitrogens with one attached hydrogen (secondary N) is 1. The summed E-state index contributed by atoms with van der Waals surface area (Å²) in [6.07, 6.45) is 0. The van der Waals surface area contributed by atoms with E-state index in [-0.39, 0.29) is 17.5 Å². The maximum atomic E-state index is 12.9. The van der Waals surface area contributed by atoms with E-state index < -0.39 is 0 Å². The first-order valence-corrected chi connectivity index (χ1v) is 7.31. The summed E-state index contributed by atoms with van der Waals surface area (Å²) in [5, 5.41) is 3.53. The zero-order valence-electron chi connectivity index (χ0n) is 12.9. The van der Waals surface area contributed by atoms with Gasteiger partial charge in [0.2, 0.25) is 0 Å². The van der Waals surface area contributed by atoms with E-state index in [9.17, 15) is 9.18 Å². The minimum atomic E-state index is -0.372. The molecule has 2 aromatic carbocycles. The Labute approximate surface area is 132 Å². The number of aryl methyl sites for hydroxylation is 1. The average molecular weight is 313 g/mol. The van der Waals surface area contributed by atoms with Crippen LogP contribution in [0.15, 0.2) is 46.9 Å². The van der Waals surface area contributed by atoms with Crippen molar-refractivity contribution in [3.8, 4) is 5.75 Å². The fraction of sp³-hybridized carbons (Fsp3) is 0.167. The third-order valence-corrected chi connectivity index (χ3v) is 3.53. The van der Waals surface area contributed by atoms with E-state index in [1.54, 1.807) is 12.1 Å². The maximum Gasteiger partial charge on any atom is 0.291 e. The van der Waals surface area contributed by atoms with Crippen molar-refractivity contribution in [1.29, 1.82) is 0 Å². The molecule has 1 heterocycles. The van der Waals surface area contributed by atoms with Gasteiger partial charge in [0.1, 0.15) is 17.1 Å². The van der Waals surface area contributed by atoms with E-state index in [4.69, 9.17) is 9.15 Å².